The molecule has 0 aromatic heterocycles. The molecule has 3 saturated heterocycles. The average Bonchev–Trinajstić information content (AvgIpc) is 3.10. The van der Waals surface area contributed by atoms with Gasteiger partial charge in [-0.05, 0) is 12.8 Å². The summed E-state index contributed by atoms with van der Waals surface area (Å²) in [6.07, 6.45) is -11.2. The molecule has 3 heterocycles. The molecule has 0 bridgehead atoms. The third kappa shape index (κ3) is 16.3. The SMILES string of the molecule is COC(=O)CCCCCCCCO[C@@H]1O[C@@H]2COC(c3ccccc3)O[C@H]2[C@H](O[C@@H]2O[C@H](COS(=O)(=O)[O-])[C@H](O)[C@H](OS(=O)(=O)[O-])[C@H]2O)[C@H]1NC(C)=O.[Na+].[Na+]. The number of amides is 1. The minimum absolute atomic E-state index is 0. The van der Waals surface area contributed by atoms with E-state index in [0.717, 1.165) is 25.7 Å². The first-order chi connectivity index (χ1) is 25.1. The van der Waals surface area contributed by atoms with Crippen molar-refractivity contribution >= 4 is 32.7 Å². The molecule has 0 spiro atoms. The smallest absolute Gasteiger partial charge is 0.726 e. The van der Waals surface area contributed by atoms with E-state index in [9.17, 15) is 45.7 Å². The minimum atomic E-state index is -5.59. The maximum absolute atomic E-state index is 12.5. The van der Waals surface area contributed by atoms with Gasteiger partial charge in [0.15, 0.2) is 18.9 Å². The van der Waals surface area contributed by atoms with Crippen LogP contribution in [-0.2, 0) is 71.9 Å². The summed E-state index contributed by atoms with van der Waals surface area (Å²) >= 11 is 0. The van der Waals surface area contributed by atoms with Crippen molar-refractivity contribution in [2.75, 3.05) is 26.9 Å². The fraction of sp³-hybridized carbons (Fsp3) is 0.742. The van der Waals surface area contributed by atoms with Gasteiger partial charge in [0.2, 0.25) is 26.7 Å². The number of aliphatic hydroxyl groups excluding tert-OH is 2. The summed E-state index contributed by atoms with van der Waals surface area (Å²) in [6.45, 7) is 0.106. The van der Waals surface area contributed by atoms with E-state index in [1.54, 1.807) is 30.3 Å². The number of hydrogen-bond donors (Lipinski definition) is 3. The van der Waals surface area contributed by atoms with Crippen molar-refractivity contribution < 1.29 is 146 Å². The van der Waals surface area contributed by atoms with Crippen LogP contribution in [0.4, 0.5) is 0 Å². The predicted octanol–water partition coefficient (Wildman–Crippen LogP) is -6.59. The molecular weight excluding hydrogens is 800 g/mol. The first-order valence-corrected chi connectivity index (χ1v) is 19.6. The summed E-state index contributed by atoms with van der Waals surface area (Å²) in [4.78, 5) is 23.8. The number of carbonyl (C=O) groups excluding carboxylic acids is 2. The Labute approximate surface area is 364 Å². The molecule has 1 unspecified atom stereocenters. The molecule has 55 heavy (non-hydrogen) atoms. The summed E-state index contributed by atoms with van der Waals surface area (Å²) in [7, 11) is -9.61. The summed E-state index contributed by atoms with van der Waals surface area (Å²) < 4.78 is 118. The van der Waals surface area contributed by atoms with Crippen molar-refractivity contribution in [2.24, 2.45) is 0 Å². The van der Waals surface area contributed by atoms with Gasteiger partial charge in [0, 0.05) is 25.5 Å². The molecule has 0 radical (unpaired) electrons. The fourth-order valence-corrected chi connectivity index (χ4v) is 6.93. The molecule has 3 aliphatic rings. The van der Waals surface area contributed by atoms with Crippen LogP contribution >= 0.6 is 0 Å². The van der Waals surface area contributed by atoms with E-state index >= 15 is 0 Å². The number of esters is 1. The largest absolute Gasteiger partial charge is 1.00 e. The van der Waals surface area contributed by atoms with Crippen molar-refractivity contribution in [2.45, 2.75) is 120 Å². The van der Waals surface area contributed by atoms with Crippen LogP contribution in [0.15, 0.2) is 30.3 Å². The molecule has 24 heteroatoms. The van der Waals surface area contributed by atoms with E-state index < -0.39 is 101 Å². The van der Waals surface area contributed by atoms with Crippen molar-refractivity contribution in [3.63, 3.8) is 0 Å². The second-order valence-corrected chi connectivity index (χ2v) is 14.6. The third-order valence-corrected chi connectivity index (χ3v) is 9.49. The molecule has 3 aliphatic heterocycles. The number of aliphatic hydroxyl groups is 2. The van der Waals surface area contributed by atoms with Gasteiger partial charge < -0.3 is 57.8 Å². The average molecular weight is 846 g/mol. The second-order valence-electron chi connectivity index (χ2n) is 12.6. The zero-order valence-corrected chi connectivity index (χ0v) is 36.6. The Bertz CT molecular complexity index is 1540. The van der Waals surface area contributed by atoms with E-state index in [-0.39, 0.29) is 78.3 Å². The number of ether oxygens (including phenoxy) is 7. The van der Waals surface area contributed by atoms with Gasteiger partial charge in [0.1, 0.15) is 48.8 Å². The van der Waals surface area contributed by atoms with Gasteiger partial charge in [-0.3, -0.25) is 18.0 Å². The van der Waals surface area contributed by atoms with E-state index in [1.807, 2.05) is 0 Å². The molecule has 3 fully saturated rings. The number of nitrogens with one attached hydrogen (secondary N) is 1. The topological polar surface area (TPSA) is 284 Å². The molecule has 0 saturated carbocycles. The Kier molecular flexibility index (Phi) is 22.1. The van der Waals surface area contributed by atoms with Crippen molar-refractivity contribution in [1.29, 1.82) is 0 Å². The van der Waals surface area contributed by atoms with Crippen LogP contribution in [0.1, 0.15) is 63.7 Å². The van der Waals surface area contributed by atoms with E-state index in [0.29, 0.717) is 24.8 Å². The molecule has 4 rings (SSSR count). The third-order valence-electron chi connectivity index (χ3n) is 8.60. The summed E-state index contributed by atoms with van der Waals surface area (Å²) in [5, 5.41) is 24.5. The summed E-state index contributed by atoms with van der Waals surface area (Å²) in [6, 6.07) is 7.53. The zero-order chi connectivity index (χ0) is 38.8. The molecule has 1 amide bonds. The van der Waals surface area contributed by atoms with Gasteiger partial charge in [-0.2, -0.15) is 0 Å². The number of methoxy groups -OCH3 is 1. The fourth-order valence-electron chi connectivity index (χ4n) is 6.13. The maximum atomic E-state index is 12.5. The Morgan fingerprint density at radius 3 is 2.15 bits per heavy atom. The van der Waals surface area contributed by atoms with Crippen LogP contribution in [0.3, 0.4) is 0 Å². The van der Waals surface area contributed by atoms with Crippen molar-refractivity contribution in [3.05, 3.63) is 35.9 Å². The van der Waals surface area contributed by atoms with Crippen LogP contribution in [0, 0.1) is 0 Å². The van der Waals surface area contributed by atoms with Crippen molar-refractivity contribution in [3.8, 4) is 0 Å². The molecular formula is C31H45NNa2O19S2. The quantitative estimate of drug-likeness (QED) is 0.0384. The number of hydrogen-bond acceptors (Lipinski definition) is 19. The van der Waals surface area contributed by atoms with Crippen molar-refractivity contribution in [1.82, 2.24) is 5.32 Å². The van der Waals surface area contributed by atoms with Gasteiger partial charge in [-0.1, -0.05) is 56.0 Å². The van der Waals surface area contributed by atoms with Crippen LogP contribution in [0.2, 0.25) is 0 Å². The number of carbonyl (C=O) groups is 2. The molecule has 1 aromatic rings. The Morgan fingerprint density at radius 1 is 0.873 bits per heavy atom. The van der Waals surface area contributed by atoms with Gasteiger partial charge in [-0.15, -0.1) is 0 Å². The predicted molar refractivity (Wildman–Crippen MR) is 172 cm³/mol. The number of rotatable bonds is 19. The zero-order valence-electron chi connectivity index (χ0n) is 31.0. The first kappa shape index (κ1) is 50.7. The van der Waals surface area contributed by atoms with Crippen LogP contribution in [-0.4, -0.2) is 136 Å². The molecule has 302 valence electrons. The second kappa shape index (κ2) is 24.0. The summed E-state index contributed by atoms with van der Waals surface area (Å²) in [5.41, 5.74) is 0.603. The normalized spacial score (nSPS) is 30.9. The summed E-state index contributed by atoms with van der Waals surface area (Å²) in [5.74, 6) is -0.827. The molecule has 11 atom stereocenters. The Hall–Kier alpha value is -0.420. The van der Waals surface area contributed by atoms with Gasteiger partial charge in [0.25, 0.3) is 0 Å². The van der Waals surface area contributed by atoms with E-state index in [2.05, 4.69) is 18.4 Å². The molecule has 3 N–H and O–H groups in total. The number of benzene rings is 1. The Balaban J connectivity index is 0.00000523. The van der Waals surface area contributed by atoms with Gasteiger partial charge in [-0.25, -0.2) is 16.8 Å². The number of fused-ring (bicyclic) bond motifs is 1. The van der Waals surface area contributed by atoms with Crippen LogP contribution in [0.25, 0.3) is 0 Å². The van der Waals surface area contributed by atoms with Gasteiger partial charge in [0.05, 0.1) is 20.3 Å². The molecule has 20 nitrogen and oxygen atoms in total. The van der Waals surface area contributed by atoms with E-state index in [1.165, 1.54) is 14.0 Å². The standard InChI is InChI=1S/C31H47NO19S2.2Na/c1-18(33)32-23-27(50-31-25(36)28(51-53(40,41)42)24(35)20(47-31)17-46-52(37,38)39)26-21(16-45-29(49-26)19-12-8-7-9-13-19)48-30(23)44-15-11-6-4-3-5-10-14-22(34)43-2;;/h7-9,12-13,20-21,23-31,35-36H,3-6,10-11,14-17H2,1-2H3,(H,32,33)(H,37,38,39)(H,40,41,42);;/q;2*+1/p-2/t20-,21-,23-,24+,25-,26-,27-,28+,29?,30-,31+;;/m1../s1. The van der Waals surface area contributed by atoms with Crippen LogP contribution < -0.4 is 64.4 Å². The minimum Gasteiger partial charge on any atom is -0.726 e. The number of unbranched alkanes of at least 4 members (excludes halogenated alkanes) is 5. The first-order valence-electron chi connectivity index (χ1n) is 16.9. The van der Waals surface area contributed by atoms with Gasteiger partial charge >= 0.3 is 65.1 Å². The molecule has 1 aromatic carbocycles. The maximum Gasteiger partial charge on any atom is 1.00 e. The molecule has 0 aliphatic carbocycles. The van der Waals surface area contributed by atoms with Crippen LogP contribution in [0.5, 0.6) is 0 Å². The van der Waals surface area contributed by atoms with E-state index in [4.69, 9.17) is 28.4 Å². The Morgan fingerprint density at radius 2 is 1.53 bits per heavy atom. The monoisotopic (exact) mass is 845 g/mol.